The average Bonchev–Trinajstić information content (AvgIpc) is 2.65. The Hall–Kier alpha value is -2.82. The molecule has 160 valence electrons. The summed E-state index contributed by atoms with van der Waals surface area (Å²) < 4.78 is 39.4. The SMILES string of the molecule is CC(C)CN1C(=O)CSc2cnn(CC(=O)Nc3cccc(C(F)(F)F)c3)c(=O)c21. The number of rotatable bonds is 5. The van der Waals surface area contributed by atoms with Crippen LogP contribution in [0.3, 0.4) is 0 Å². The monoisotopic (exact) mass is 440 g/mol. The molecule has 0 saturated heterocycles. The molecule has 1 aliphatic heterocycles. The molecule has 0 saturated carbocycles. The van der Waals surface area contributed by atoms with Gasteiger partial charge in [0.25, 0.3) is 5.56 Å². The maximum absolute atomic E-state index is 12.9. The van der Waals surface area contributed by atoms with Gasteiger partial charge in [0.15, 0.2) is 0 Å². The molecule has 1 aromatic carbocycles. The van der Waals surface area contributed by atoms with Crippen LogP contribution in [0.15, 0.2) is 40.2 Å². The lowest BCUT2D eigenvalue weighted by atomic mass is 10.2. The number of hydrogen-bond donors (Lipinski definition) is 1. The molecule has 2 heterocycles. The number of carbonyl (C=O) groups excluding carboxylic acids is 2. The van der Waals surface area contributed by atoms with Crippen LogP contribution >= 0.6 is 11.8 Å². The minimum absolute atomic E-state index is 0.0481. The zero-order valence-electron chi connectivity index (χ0n) is 16.2. The highest BCUT2D eigenvalue weighted by Crippen LogP contribution is 2.32. The van der Waals surface area contributed by atoms with Gasteiger partial charge in [-0.25, -0.2) is 4.68 Å². The summed E-state index contributed by atoms with van der Waals surface area (Å²) in [5.74, 6) is -0.602. The molecule has 1 aromatic heterocycles. The second-order valence-electron chi connectivity index (χ2n) is 7.13. The lowest BCUT2D eigenvalue weighted by Crippen LogP contribution is -2.44. The number of anilines is 2. The number of carbonyl (C=O) groups is 2. The molecule has 0 aliphatic carbocycles. The Morgan fingerprint density at radius 2 is 2.03 bits per heavy atom. The van der Waals surface area contributed by atoms with E-state index in [1.165, 1.54) is 35.0 Å². The van der Waals surface area contributed by atoms with E-state index >= 15 is 0 Å². The Bertz CT molecular complexity index is 1040. The van der Waals surface area contributed by atoms with Crippen molar-refractivity contribution in [2.75, 3.05) is 22.5 Å². The van der Waals surface area contributed by atoms with Crippen LogP contribution in [-0.2, 0) is 22.3 Å². The van der Waals surface area contributed by atoms with E-state index in [9.17, 15) is 27.6 Å². The van der Waals surface area contributed by atoms with Gasteiger partial charge in [-0.3, -0.25) is 14.4 Å². The average molecular weight is 440 g/mol. The first-order valence-corrected chi connectivity index (χ1v) is 10.0. The number of alkyl halides is 3. The van der Waals surface area contributed by atoms with E-state index in [4.69, 9.17) is 0 Å². The maximum Gasteiger partial charge on any atom is 0.416 e. The lowest BCUT2D eigenvalue weighted by Gasteiger charge is -2.29. The Morgan fingerprint density at radius 1 is 1.30 bits per heavy atom. The molecular weight excluding hydrogens is 421 g/mol. The van der Waals surface area contributed by atoms with E-state index in [1.807, 2.05) is 13.8 Å². The summed E-state index contributed by atoms with van der Waals surface area (Å²) in [4.78, 5) is 39.5. The number of nitrogens with one attached hydrogen (secondary N) is 1. The van der Waals surface area contributed by atoms with Crippen LogP contribution in [0.4, 0.5) is 24.5 Å². The number of halogens is 3. The minimum Gasteiger partial charge on any atom is -0.324 e. The van der Waals surface area contributed by atoms with Gasteiger partial charge in [0.05, 0.1) is 22.4 Å². The van der Waals surface area contributed by atoms with Gasteiger partial charge >= 0.3 is 6.18 Å². The molecule has 0 spiro atoms. The summed E-state index contributed by atoms with van der Waals surface area (Å²) in [7, 11) is 0. The normalized spacial score (nSPS) is 14.1. The van der Waals surface area contributed by atoms with E-state index in [-0.39, 0.29) is 29.0 Å². The van der Waals surface area contributed by atoms with E-state index in [1.54, 1.807) is 0 Å². The summed E-state index contributed by atoms with van der Waals surface area (Å²) in [6.45, 7) is 3.67. The van der Waals surface area contributed by atoms with Crippen LogP contribution in [0.25, 0.3) is 0 Å². The Balaban J connectivity index is 1.83. The molecular formula is C19H19F3N4O3S. The Morgan fingerprint density at radius 3 is 2.70 bits per heavy atom. The highest BCUT2D eigenvalue weighted by Gasteiger charge is 2.31. The van der Waals surface area contributed by atoms with Crippen LogP contribution in [0, 0.1) is 5.92 Å². The molecule has 30 heavy (non-hydrogen) atoms. The largest absolute Gasteiger partial charge is 0.416 e. The molecule has 0 bridgehead atoms. The van der Waals surface area contributed by atoms with Crippen molar-refractivity contribution < 1.29 is 22.8 Å². The summed E-state index contributed by atoms with van der Waals surface area (Å²) >= 11 is 1.20. The fourth-order valence-electron chi connectivity index (χ4n) is 2.94. The number of benzene rings is 1. The van der Waals surface area contributed by atoms with Crippen molar-refractivity contribution >= 4 is 35.0 Å². The van der Waals surface area contributed by atoms with Crippen molar-refractivity contribution in [3.05, 3.63) is 46.4 Å². The van der Waals surface area contributed by atoms with Gasteiger partial charge in [-0.1, -0.05) is 19.9 Å². The van der Waals surface area contributed by atoms with Gasteiger partial charge < -0.3 is 10.2 Å². The number of thioether (sulfide) groups is 1. The van der Waals surface area contributed by atoms with Crippen molar-refractivity contribution in [2.45, 2.75) is 31.5 Å². The third-order valence-electron chi connectivity index (χ3n) is 4.22. The first-order chi connectivity index (χ1) is 14.1. The second-order valence-corrected chi connectivity index (χ2v) is 8.15. The van der Waals surface area contributed by atoms with Crippen LogP contribution in [-0.4, -0.2) is 33.9 Å². The molecule has 0 atom stereocenters. The predicted octanol–water partition coefficient (Wildman–Crippen LogP) is 3.00. The van der Waals surface area contributed by atoms with Gasteiger partial charge in [-0.2, -0.15) is 18.3 Å². The predicted molar refractivity (Wildman–Crippen MR) is 106 cm³/mol. The molecule has 2 amide bonds. The van der Waals surface area contributed by atoms with Crippen molar-refractivity contribution in [1.29, 1.82) is 0 Å². The van der Waals surface area contributed by atoms with E-state index < -0.39 is 29.8 Å². The van der Waals surface area contributed by atoms with Gasteiger partial charge in [0.1, 0.15) is 12.2 Å². The standard InChI is InChI=1S/C19H19F3N4O3S/c1-11(2)8-25-16(28)10-30-14-7-23-26(18(29)17(14)25)9-15(27)24-13-5-3-4-12(6-13)19(20,21)22/h3-7,11H,8-10H2,1-2H3,(H,24,27). The number of fused-ring (bicyclic) bond motifs is 1. The van der Waals surface area contributed by atoms with Crippen LogP contribution in [0.2, 0.25) is 0 Å². The number of nitrogens with zero attached hydrogens (tertiary/aromatic N) is 3. The van der Waals surface area contributed by atoms with Crippen LogP contribution in [0.1, 0.15) is 19.4 Å². The summed E-state index contributed by atoms with van der Waals surface area (Å²) in [6, 6.07) is 4.19. The van der Waals surface area contributed by atoms with E-state index in [2.05, 4.69) is 10.4 Å². The highest BCUT2D eigenvalue weighted by molar-refractivity contribution is 8.00. The molecule has 11 heteroatoms. The zero-order chi connectivity index (χ0) is 22.1. The number of amides is 2. The maximum atomic E-state index is 12.9. The fourth-order valence-corrected chi connectivity index (χ4v) is 3.83. The highest BCUT2D eigenvalue weighted by atomic mass is 32.2. The third kappa shape index (κ3) is 4.84. The molecule has 0 unspecified atom stereocenters. The van der Waals surface area contributed by atoms with Gasteiger partial charge in [0, 0.05) is 12.2 Å². The van der Waals surface area contributed by atoms with Crippen LogP contribution in [0.5, 0.6) is 0 Å². The first-order valence-electron chi connectivity index (χ1n) is 9.06. The van der Waals surface area contributed by atoms with E-state index in [0.29, 0.717) is 11.4 Å². The lowest BCUT2D eigenvalue weighted by molar-refractivity contribution is -0.137. The van der Waals surface area contributed by atoms with Crippen molar-refractivity contribution in [3.8, 4) is 0 Å². The van der Waals surface area contributed by atoms with E-state index in [0.717, 1.165) is 16.8 Å². The molecule has 7 nitrogen and oxygen atoms in total. The quantitative estimate of drug-likeness (QED) is 0.773. The second kappa shape index (κ2) is 8.50. The third-order valence-corrected chi connectivity index (χ3v) is 5.22. The minimum atomic E-state index is -4.54. The van der Waals surface area contributed by atoms with Gasteiger partial charge in [0.2, 0.25) is 11.8 Å². The van der Waals surface area contributed by atoms with Crippen molar-refractivity contribution in [3.63, 3.8) is 0 Å². The summed E-state index contributed by atoms with van der Waals surface area (Å²) in [5.41, 5.74) is -1.38. The number of hydrogen-bond acceptors (Lipinski definition) is 5. The van der Waals surface area contributed by atoms with Crippen LogP contribution < -0.4 is 15.8 Å². The summed E-state index contributed by atoms with van der Waals surface area (Å²) in [6.07, 6.45) is -3.12. The van der Waals surface area contributed by atoms with Crippen molar-refractivity contribution in [1.82, 2.24) is 9.78 Å². The molecule has 0 radical (unpaired) electrons. The first kappa shape index (κ1) is 21.9. The molecule has 2 aromatic rings. The Labute approximate surface area is 174 Å². The number of aromatic nitrogens is 2. The molecule has 0 fully saturated rings. The molecule has 3 rings (SSSR count). The Kier molecular flexibility index (Phi) is 6.20. The van der Waals surface area contributed by atoms with Gasteiger partial charge in [-0.05, 0) is 24.1 Å². The molecule has 1 aliphatic rings. The summed E-state index contributed by atoms with van der Waals surface area (Å²) in [5, 5.41) is 6.31. The fraction of sp³-hybridized carbons (Fsp3) is 0.368. The van der Waals surface area contributed by atoms with Crippen molar-refractivity contribution in [2.24, 2.45) is 5.92 Å². The zero-order valence-corrected chi connectivity index (χ0v) is 17.0. The smallest absolute Gasteiger partial charge is 0.324 e. The molecule has 1 N–H and O–H groups in total. The topological polar surface area (TPSA) is 84.3 Å². The van der Waals surface area contributed by atoms with Gasteiger partial charge in [-0.15, -0.1) is 11.8 Å².